The molecule has 6 nitrogen and oxygen atoms in total. The number of nitrogens with two attached hydrogens (primary N) is 1. The van der Waals surface area contributed by atoms with Gasteiger partial charge in [0.15, 0.2) is 0 Å². The van der Waals surface area contributed by atoms with Crippen LogP contribution in [0.1, 0.15) is 11.4 Å². The lowest BCUT2D eigenvalue weighted by atomic mass is 10.3. The molecule has 2 aromatic heterocycles. The van der Waals surface area contributed by atoms with Gasteiger partial charge in [0, 0.05) is 44.6 Å². The first-order valence-electron chi connectivity index (χ1n) is 6.55. The molecule has 0 saturated heterocycles. The molecule has 0 fully saturated rings. The Balaban J connectivity index is 2.07. The van der Waals surface area contributed by atoms with E-state index in [1.54, 1.807) is 19.3 Å². The summed E-state index contributed by atoms with van der Waals surface area (Å²) in [6.45, 7) is 0.647. The van der Waals surface area contributed by atoms with Crippen molar-refractivity contribution in [3.63, 3.8) is 0 Å². The van der Waals surface area contributed by atoms with Crippen molar-refractivity contribution >= 4 is 10.0 Å². The van der Waals surface area contributed by atoms with E-state index in [9.17, 15) is 8.42 Å². The number of likely N-dealkylation sites (N-methyl/N-ethyl adjacent to an activating group) is 1. The Morgan fingerprint density at radius 2 is 1.95 bits per heavy atom. The van der Waals surface area contributed by atoms with Gasteiger partial charge in [0.25, 0.3) is 0 Å². The van der Waals surface area contributed by atoms with Gasteiger partial charge in [-0.15, -0.1) is 0 Å². The van der Waals surface area contributed by atoms with E-state index in [-0.39, 0.29) is 11.4 Å². The molecular weight excluding hydrogens is 288 g/mol. The number of pyridine rings is 2. The largest absolute Gasteiger partial charge is 0.325 e. The Hall–Kier alpha value is -1.83. The average molecular weight is 306 g/mol. The van der Waals surface area contributed by atoms with Crippen LogP contribution in [0.25, 0.3) is 0 Å². The number of aromatic nitrogens is 2. The molecule has 0 aliphatic heterocycles. The molecule has 2 heterocycles. The first kappa shape index (κ1) is 15.6. The zero-order valence-electron chi connectivity index (χ0n) is 11.8. The van der Waals surface area contributed by atoms with E-state index in [1.165, 1.54) is 16.6 Å². The molecule has 0 amide bonds. The minimum atomic E-state index is -3.53. The van der Waals surface area contributed by atoms with Crippen molar-refractivity contribution in [2.45, 2.75) is 17.9 Å². The molecular formula is C14H18N4O2S. The Bertz CT molecular complexity index is 672. The standard InChI is InChI=1S/C14H18N4O2S/c1-18(9-7-12-4-2-3-8-16-12)21(19,20)14-6-5-13(10-15)17-11-14/h2-6,8,11H,7,9-10,15H2,1H3. The van der Waals surface area contributed by atoms with Gasteiger partial charge in [0.05, 0.1) is 5.69 Å². The summed E-state index contributed by atoms with van der Waals surface area (Å²) in [6, 6.07) is 8.74. The quantitative estimate of drug-likeness (QED) is 0.852. The van der Waals surface area contributed by atoms with Crippen molar-refractivity contribution in [3.05, 3.63) is 54.1 Å². The van der Waals surface area contributed by atoms with Gasteiger partial charge in [-0.25, -0.2) is 12.7 Å². The van der Waals surface area contributed by atoms with Crippen LogP contribution in [0.5, 0.6) is 0 Å². The number of nitrogens with zero attached hydrogens (tertiary/aromatic N) is 3. The summed E-state index contributed by atoms with van der Waals surface area (Å²) in [5.41, 5.74) is 6.97. The predicted molar refractivity (Wildman–Crippen MR) is 79.9 cm³/mol. The van der Waals surface area contributed by atoms with Gasteiger partial charge >= 0.3 is 0 Å². The Kier molecular flexibility index (Phi) is 5.00. The highest BCUT2D eigenvalue weighted by Crippen LogP contribution is 2.13. The molecule has 0 spiro atoms. The Labute approximate surface area is 124 Å². The van der Waals surface area contributed by atoms with Crippen LogP contribution in [0, 0.1) is 0 Å². The second-order valence-electron chi connectivity index (χ2n) is 4.59. The fraction of sp³-hybridized carbons (Fsp3) is 0.286. The van der Waals surface area contributed by atoms with Gasteiger partial charge in [-0.1, -0.05) is 6.07 Å². The smallest absolute Gasteiger partial charge is 0.244 e. The molecule has 0 unspecified atom stereocenters. The van der Waals surface area contributed by atoms with Crippen molar-refractivity contribution < 1.29 is 8.42 Å². The first-order chi connectivity index (χ1) is 10.0. The molecule has 2 aromatic rings. The minimum absolute atomic E-state index is 0.170. The first-order valence-corrected chi connectivity index (χ1v) is 7.99. The van der Waals surface area contributed by atoms with E-state index in [0.717, 1.165) is 5.69 Å². The molecule has 2 rings (SSSR count). The van der Waals surface area contributed by atoms with Crippen LogP contribution in [0.4, 0.5) is 0 Å². The fourth-order valence-corrected chi connectivity index (χ4v) is 2.92. The molecule has 0 aliphatic carbocycles. The summed E-state index contributed by atoms with van der Waals surface area (Å²) >= 11 is 0. The highest BCUT2D eigenvalue weighted by atomic mass is 32.2. The van der Waals surface area contributed by atoms with Crippen LogP contribution < -0.4 is 5.73 Å². The third kappa shape index (κ3) is 3.84. The third-order valence-electron chi connectivity index (χ3n) is 3.12. The molecule has 7 heteroatoms. The number of hydrogen-bond donors (Lipinski definition) is 1. The summed E-state index contributed by atoms with van der Waals surface area (Å²) in [7, 11) is -1.98. The number of rotatable bonds is 6. The van der Waals surface area contributed by atoms with E-state index < -0.39 is 10.0 Å². The maximum absolute atomic E-state index is 12.4. The van der Waals surface area contributed by atoms with Gasteiger partial charge in [-0.3, -0.25) is 9.97 Å². The molecule has 0 aromatic carbocycles. The van der Waals surface area contributed by atoms with Gasteiger partial charge in [-0.2, -0.15) is 0 Å². The summed E-state index contributed by atoms with van der Waals surface area (Å²) in [5.74, 6) is 0. The Morgan fingerprint density at radius 3 is 2.52 bits per heavy atom. The molecule has 112 valence electrons. The van der Waals surface area contributed by atoms with Gasteiger partial charge < -0.3 is 5.73 Å². The Morgan fingerprint density at radius 1 is 1.14 bits per heavy atom. The van der Waals surface area contributed by atoms with E-state index in [0.29, 0.717) is 18.7 Å². The summed E-state index contributed by atoms with van der Waals surface area (Å²) in [6.07, 6.45) is 3.60. The molecule has 0 saturated carbocycles. The normalized spacial score (nSPS) is 11.8. The molecule has 0 radical (unpaired) electrons. The number of hydrogen-bond acceptors (Lipinski definition) is 5. The second-order valence-corrected chi connectivity index (χ2v) is 6.63. The topological polar surface area (TPSA) is 89.2 Å². The zero-order chi connectivity index (χ0) is 15.3. The number of sulfonamides is 1. The van der Waals surface area contributed by atoms with Crippen molar-refractivity contribution in [1.82, 2.24) is 14.3 Å². The van der Waals surface area contributed by atoms with Crippen LogP contribution in [-0.4, -0.2) is 36.3 Å². The van der Waals surface area contributed by atoms with Crippen LogP contribution in [0.2, 0.25) is 0 Å². The highest BCUT2D eigenvalue weighted by molar-refractivity contribution is 7.89. The molecule has 0 bridgehead atoms. The van der Waals surface area contributed by atoms with E-state index in [4.69, 9.17) is 5.73 Å². The lowest BCUT2D eigenvalue weighted by Gasteiger charge is -2.16. The minimum Gasteiger partial charge on any atom is -0.325 e. The SMILES string of the molecule is CN(CCc1ccccn1)S(=O)(=O)c1ccc(CN)nc1. The van der Waals surface area contributed by atoms with Gasteiger partial charge in [-0.05, 0) is 24.3 Å². The van der Waals surface area contributed by atoms with E-state index in [1.807, 2.05) is 18.2 Å². The van der Waals surface area contributed by atoms with Gasteiger partial charge in [0.1, 0.15) is 4.90 Å². The summed E-state index contributed by atoms with van der Waals surface area (Å²) in [5, 5.41) is 0. The lowest BCUT2D eigenvalue weighted by molar-refractivity contribution is 0.470. The van der Waals surface area contributed by atoms with Crippen LogP contribution >= 0.6 is 0 Å². The van der Waals surface area contributed by atoms with E-state index in [2.05, 4.69) is 9.97 Å². The predicted octanol–water partition coefficient (Wildman–Crippen LogP) is 0.798. The third-order valence-corrected chi connectivity index (χ3v) is 4.96. The lowest BCUT2D eigenvalue weighted by Crippen LogP contribution is -2.29. The average Bonchev–Trinajstić information content (AvgIpc) is 2.53. The zero-order valence-corrected chi connectivity index (χ0v) is 12.6. The van der Waals surface area contributed by atoms with Crippen molar-refractivity contribution in [2.75, 3.05) is 13.6 Å². The maximum Gasteiger partial charge on any atom is 0.244 e. The van der Waals surface area contributed by atoms with Crippen molar-refractivity contribution in [1.29, 1.82) is 0 Å². The molecule has 2 N–H and O–H groups in total. The van der Waals surface area contributed by atoms with Crippen LogP contribution in [-0.2, 0) is 23.0 Å². The fourth-order valence-electron chi connectivity index (χ4n) is 1.80. The molecule has 21 heavy (non-hydrogen) atoms. The van der Waals surface area contributed by atoms with Gasteiger partial charge in [0.2, 0.25) is 10.0 Å². The maximum atomic E-state index is 12.4. The monoisotopic (exact) mass is 306 g/mol. The molecule has 0 aliphatic rings. The summed E-state index contributed by atoms with van der Waals surface area (Å²) in [4.78, 5) is 8.37. The van der Waals surface area contributed by atoms with Crippen LogP contribution in [0.15, 0.2) is 47.6 Å². The van der Waals surface area contributed by atoms with Crippen molar-refractivity contribution in [2.24, 2.45) is 5.73 Å². The summed E-state index contributed by atoms with van der Waals surface area (Å²) < 4.78 is 26.1. The van der Waals surface area contributed by atoms with E-state index >= 15 is 0 Å². The molecule has 0 atom stereocenters. The van der Waals surface area contributed by atoms with Crippen LogP contribution in [0.3, 0.4) is 0 Å². The van der Waals surface area contributed by atoms with Crippen molar-refractivity contribution in [3.8, 4) is 0 Å². The second kappa shape index (κ2) is 6.75. The highest BCUT2D eigenvalue weighted by Gasteiger charge is 2.20.